The predicted octanol–water partition coefficient (Wildman–Crippen LogP) is 9.74. The number of benzene rings is 3. The van der Waals surface area contributed by atoms with Gasteiger partial charge < -0.3 is 5.11 Å². The molecule has 1 radical (unpaired) electrons. The fourth-order valence-corrected chi connectivity index (χ4v) is 5.59. The molecule has 0 saturated heterocycles. The molecule has 0 amide bonds. The molecule has 0 saturated carbocycles. The van der Waals surface area contributed by atoms with E-state index in [1.165, 1.54) is 52.4 Å². The molecular formula is C35H34IrNO2S-. The number of allylic oxidation sites excluding steroid dienone is 2. The summed E-state index contributed by atoms with van der Waals surface area (Å²) in [4.78, 5) is 17.5. The minimum atomic E-state index is -0.125. The van der Waals surface area contributed by atoms with Gasteiger partial charge >= 0.3 is 0 Å². The maximum atomic E-state index is 10.0. The van der Waals surface area contributed by atoms with Crippen molar-refractivity contribution < 1.29 is 30.0 Å². The van der Waals surface area contributed by atoms with Gasteiger partial charge in [0, 0.05) is 42.0 Å². The summed E-state index contributed by atoms with van der Waals surface area (Å²) in [5.74, 6) is -0.0625. The van der Waals surface area contributed by atoms with E-state index in [0.29, 0.717) is 0 Å². The zero-order valence-electron chi connectivity index (χ0n) is 23.7. The zero-order valence-corrected chi connectivity index (χ0v) is 26.9. The van der Waals surface area contributed by atoms with Crippen molar-refractivity contribution in [2.24, 2.45) is 0 Å². The molecule has 3 aromatic carbocycles. The van der Waals surface area contributed by atoms with Gasteiger partial charge in [0.05, 0.1) is 5.76 Å². The molecule has 3 nitrogen and oxygen atoms in total. The second-order valence-corrected chi connectivity index (χ2v) is 11.7. The average Bonchev–Trinajstić information content (AvgIpc) is 3.27. The molecule has 0 unspecified atom stereocenters. The molecule has 0 aliphatic rings. The van der Waals surface area contributed by atoms with Gasteiger partial charge in [-0.05, 0) is 36.1 Å². The Morgan fingerprint density at radius 2 is 1.50 bits per heavy atom. The van der Waals surface area contributed by atoms with Gasteiger partial charge in [-0.25, -0.2) is 0 Å². The van der Waals surface area contributed by atoms with Crippen LogP contribution in [-0.2, 0) is 30.3 Å². The standard InChI is InChI=1S/C30H26NS.C5H8O2.Ir/c1-20-17-23(19-24(18-20)30(2,3)4)26-16-15-25-27(21-11-7-5-8-12-21)28(32-29(25)31-26)22-13-9-6-10-14-22;1-4(6)3-5(2)7;/h5-16,18-19H,1-4H3;3,6H,1-2H3;/q-1;;/b;4-3-;. The topological polar surface area (TPSA) is 50.2 Å². The van der Waals surface area contributed by atoms with Gasteiger partial charge in [0.1, 0.15) is 4.83 Å². The first-order valence-corrected chi connectivity index (χ1v) is 13.8. The average molecular weight is 725 g/mol. The molecule has 0 atom stereocenters. The Hall–Kier alpha value is -3.37. The first-order chi connectivity index (χ1) is 18.5. The van der Waals surface area contributed by atoms with Crippen molar-refractivity contribution in [3.63, 3.8) is 0 Å². The van der Waals surface area contributed by atoms with Gasteiger partial charge in [-0.15, -0.1) is 46.2 Å². The summed E-state index contributed by atoms with van der Waals surface area (Å²) >= 11 is 1.77. The van der Waals surface area contributed by atoms with Crippen molar-refractivity contribution in [1.82, 2.24) is 4.98 Å². The molecule has 0 aliphatic heterocycles. The molecule has 5 rings (SSSR count). The van der Waals surface area contributed by atoms with Crippen LogP contribution in [0.3, 0.4) is 0 Å². The Bertz CT molecular complexity index is 1630. The third-order valence-electron chi connectivity index (χ3n) is 6.21. The SMILES string of the molecule is CC(=O)/C=C(/C)O.Cc1[c-]c(-c2ccc3c(-c4ccccc4)c(-c4ccccc4)sc3n2)cc(C(C)(C)C)c1.[Ir]. The number of fused-ring (bicyclic) bond motifs is 1. The second-order valence-electron chi connectivity index (χ2n) is 10.7. The summed E-state index contributed by atoms with van der Waals surface area (Å²) in [6.07, 6.45) is 1.17. The number of ketones is 1. The van der Waals surface area contributed by atoms with Crippen LogP contribution in [0, 0.1) is 13.0 Å². The number of hydrogen-bond donors (Lipinski definition) is 1. The summed E-state index contributed by atoms with van der Waals surface area (Å²) in [7, 11) is 0. The quantitative estimate of drug-likeness (QED) is 0.114. The number of hydrogen-bond acceptors (Lipinski definition) is 4. The first kappa shape index (κ1) is 31.2. The normalized spacial score (nSPS) is 11.4. The number of aromatic nitrogens is 1. The molecule has 2 heterocycles. The van der Waals surface area contributed by atoms with E-state index in [4.69, 9.17) is 10.1 Å². The van der Waals surface area contributed by atoms with Crippen molar-refractivity contribution in [3.8, 4) is 32.8 Å². The Labute approximate surface area is 255 Å². The number of nitrogens with zero attached hydrogens (tertiary/aromatic N) is 1. The largest absolute Gasteiger partial charge is 0.512 e. The van der Waals surface area contributed by atoms with Gasteiger partial charge in [-0.2, -0.15) is 0 Å². The monoisotopic (exact) mass is 725 g/mol. The minimum absolute atomic E-state index is 0. The molecule has 0 spiro atoms. The van der Waals surface area contributed by atoms with Crippen LogP contribution in [0.15, 0.2) is 96.8 Å². The number of aliphatic hydroxyl groups is 1. The molecule has 207 valence electrons. The fraction of sp³-hybridized carbons (Fsp3) is 0.200. The van der Waals surface area contributed by atoms with Crippen LogP contribution in [0.2, 0.25) is 0 Å². The number of carbonyl (C=O) groups is 1. The van der Waals surface area contributed by atoms with E-state index >= 15 is 0 Å². The van der Waals surface area contributed by atoms with Gasteiger partial charge in [0.2, 0.25) is 0 Å². The van der Waals surface area contributed by atoms with E-state index in [0.717, 1.165) is 21.7 Å². The fourth-order valence-electron chi connectivity index (χ4n) is 4.39. The molecule has 2 aromatic heterocycles. The van der Waals surface area contributed by atoms with E-state index in [1.807, 2.05) is 0 Å². The minimum Gasteiger partial charge on any atom is -0.512 e. The van der Waals surface area contributed by atoms with Gasteiger partial charge in [-0.3, -0.25) is 9.78 Å². The summed E-state index contributed by atoms with van der Waals surface area (Å²) in [6.45, 7) is 11.7. The van der Waals surface area contributed by atoms with Crippen LogP contribution in [0.4, 0.5) is 0 Å². The number of carbonyl (C=O) groups excluding carboxylic acids is 1. The number of rotatable bonds is 4. The van der Waals surface area contributed by atoms with Crippen molar-refractivity contribution >= 4 is 27.3 Å². The Morgan fingerprint density at radius 1 is 0.900 bits per heavy atom. The van der Waals surface area contributed by atoms with Crippen LogP contribution in [-0.4, -0.2) is 15.9 Å². The summed E-state index contributed by atoms with van der Waals surface area (Å²) < 4.78 is 0. The molecule has 0 aliphatic carbocycles. The van der Waals surface area contributed by atoms with E-state index < -0.39 is 0 Å². The van der Waals surface area contributed by atoms with E-state index in [1.54, 1.807) is 11.3 Å². The zero-order chi connectivity index (χ0) is 28.2. The van der Waals surface area contributed by atoms with Crippen molar-refractivity contribution in [1.29, 1.82) is 0 Å². The molecule has 5 heteroatoms. The molecule has 0 fully saturated rings. The predicted molar refractivity (Wildman–Crippen MR) is 165 cm³/mol. The van der Waals surface area contributed by atoms with E-state index in [-0.39, 0.29) is 37.1 Å². The smallest absolute Gasteiger partial charge is 0.155 e. The number of pyridine rings is 1. The number of aryl methyl sites for hydroxylation is 1. The summed E-state index contributed by atoms with van der Waals surface area (Å²) in [5.41, 5.74) is 8.31. The molecule has 40 heavy (non-hydrogen) atoms. The maximum Gasteiger partial charge on any atom is 0.155 e. The Kier molecular flexibility index (Phi) is 10.4. The van der Waals surface area contributed by atoms with Crippen LogP contribution < -0.4 is 0 Å². The van der Waals surface area contributed by atoms with Crippen molar-refractivity contribution in [3.05, 3.63) is 114 Å². The third kappa shape index (κ3) is 7.63. The van der Waals surface area contributed by atoms with Crippen molar-refractivity contribution in [2.45, 2.75) is 47.0 Å². The molecule has 1 N–H and O–H groups in total. The van der Waals surface area contributed by atoms with Crippen LogP contribution in [0.25, 0.3) is 43.0 Å². The summed E-state index contributed by atoms with van der Waals surface area (Å²) in [6, 6.07) is 33.7. The summed E-state index contributed by atoms with van der Waals surface area (Å²) in [5, 5.41) is 9.56. The van der Waals surface area contributed by atoms with Crippen LogP contribution in [0.5, 0.6) is 0 Å². The Morgan fingerprint density at radius 3 is 2.02 bits per heavy atom. The maximum absolute atomic E-state index is 10.0. The number of thiophene rings is 1. The first-order valence-electron chi connectivity index (χ1n) is 13.0. The molecular weight excluding hydrogens is 691 g/mol. The van der Waals surface area contributed by atoms with Crippen LogP contribution >= 0.6 is 11.3 Å². The van der Waals surface area contributed by atoms with E-state index in [9.17, 15) is 4.79 Å². The van der Waals surface area contributed by atoms with Crippen molar-refractivity contribution in [2.75, 3.05) is 0 Å². The second kappa shape index (κ2) is 13.3. The Balaban J connectivity index is 0.000000492. The molecule has 0 bridgehead atoms. The van der Waals surface area contributed by atoms with Gasteiger partial charge in [0.25, 0.3) is 0 Å². The molecule has 5 aromatic rings. The third-order valence-corrected chi connectivity index (χ3v) is 7.36. The van der Waals surface area contributed by atoms with E-state index in [2.05, 4.69) is 119 Å². The number of aliphatic hydroxyl groups excluding tert-OH is 1. The van der Waals surface area contributed by atoms with Gasteiger partial charge in [0.15, 0.2) is 5.78 Å². The van der Waals surface area contributed by atoms with Gasteiger partial charge in [-0.1, -0.05) is 100 Å². The van der Waals surface area contributed by atoms with Crippen LogP contribution in [0.1, 0.15) is 45.7 Å².